The van der Waals surface area contributed by atoms with Gasteiger partial charge in [0, 0.05) is 16.5 Å². The van der Waals surface area contributed by atoms with Crippen LogP contribution in [0.4, 0.5) is 0 Å². The van der Waals surface area contributed by atoms with Gasteiger partial charge < -0.3 is 9.47 Å². The molecule has 200 valence electrons. The number of hydrogen-bond acceptors (Lipinski definition) is 3. The van der Waals surface area contributed by atoms with Crippen molar-refractivity contribution in [2.24, 2.45) is 0 Å². The lowest BCUT2D eigenvalue weighted by atomic mass is 9.78. The first-order valence-electron chi connectivity index (χ1n) is 13.6. The Bertz CT molecular complexity index is 1230. The van der Waals surface area contributed by atoms with E-state index in [-0.39, 0.29) is 11.2 Å². The predicted molar refractivity (Wildman–Crippen MR) is 160 cm³/mol. The van der Waals surface area contributed by atoms with Crippen molar-refractivity contribution in [2.45, 2.75) is 60.8 Å². The molecule has 0 aromatic heterocycles. The van der Waals surface area contributed by atoms with Crippen molar-refractivity contribution < 1.29 is 14.3 Å². The molecule has 0 saturated carbocycles. The van der Waals surface area contributed by atoms with Crippen LogP contribution in [0.1, 0.15) is 81.1 Å². The quantitative estimate of drug-likeness (QED) is 0.221. The van der Waals surface area contributed by atoms with Gasteiger partial charge in [0.2, 0.25) is 0 Å². The SMILES string of the molecule is CC.CC.CCOc1ccc(C(C)(C)c2ccc(Oc3ccc(C(=O)c4ccc(C)cc4)cc3)cc2)cc1. The fourth-order valence-electron chi connectivity index (χ4n) is 3.92. The van der Waals surface area contributed by atoms with Crippen LogP contribution in [0.2, 0.25) is 0 Å². The maximum absolute atomic E-state index is 12.7. The second-order valence-electron chi connectivity index (χ2n) is 8.93. The smallest absolute Gasteiger partial charge is 0.193 e. The molecular weight excluding hydrogens is 468 g/mol. The number of carbonyl (C=O) groups excluding carboxylic acids is 1. The Labute approximate surface area is 229 Å². The highest BCUT2D eigenvalue weighted by molar-refractivity contribution is 6.09. The summed E-state index contributed by atoms with van der Waals surface area (Å²) < 4.78 is 11.6. The summed E-state index contributed by atoms with van der Waals surface area (Å²) in [6, 6.07) is 31.3. The summed E-state index contributed by atoms with van der Waals surface area (Å²) in [4.78, 5) is 12.7. The molecule has 0 aliphatic heterocycles. The molecule has 0 N–H and O–H groups in total. The van der Waals surface area contributed by atoms with E-state index in [4.69, 9.17) is 9.47 Å². The molecule has 0 amide bonds. The third-order valence-corrected chi connectivity index (χ3v) is 6.13. The molecule has 4 aromatic carbocycles. The van der Waals surface area contributed by atoms with Crippen LogP contribution in [0, 0.1) is 6.92 Å². The first-order chi connectivity index (χ1) is 18.4. The number of carbonyl (C=O) groups is 1. The van der Waals surface area contributed by atoms with Gasteiger partial charge in [-0.3, -0.25) is 4.79 Å². The highest BCUT2D eigenvalue weighted by Gasteiger charge is 2.23. The van der Waals surface area contributed by atoms with Gasteiger partial charge in [0.1, 0.15) is 17.2 Å². The third kappa shape index (κ3) is 7.82. The zero-order valence-electron chi connectivity index (χ0n) is 24.2. The van der Waals surface area contributed by atoms with Crippen molar-refractivity contribution in [3.63, 3.8) is 0 Å². The van der Waals surface area contributed by atoms with Crippen molar-refractivity contribution in [3.05, 3.63) is 125 Å². The molecule has 0 aliphatic rings. The molecule has 0 aliphatic carbocycles. The molecule has 0 atom stereocenters. The first-order valence-corrected chi connectivity index (χ1v) is 13.6. The summed E-state index contributed by atoms with van der Waals surface area (Å²) >= 11 is 0. The van der Waals surface area contributed by atoms with Crippen molar-refractivity contribution in [3.8, 4) is 17.2 Å². The maximum atomic E-state index is 12.7. The number of ether oxygens (including phenoxy) is 2. The normalized spacial score (nSPS) is 10.3. The van der Waals surface area contributed by atoms with E-state index in [1.165, 1.54) is 11.1 Å². The summed E-state index contributed by atoms with van der Waals surface area (Å²) in [5, 5.41) is 0. The van der Waals surface area contributed by atoms with Gasteiger partial charge >= 0.3 is 0 Å². The van der Waals surface area contributed by atoms with Crippen LogP contribution in [0.3, 0.4) is 0 Å². The van der Waals surface area contributed by atoms with Crippen LogP contribution in [0.15, 0.2) is 97.1 Å². The Morgan fingerprint density at radius 3 is 1.39 bits per heavy atom. The van der Waals surface area contributed by atoms with Gasteiger partial charge in [0.05, 0.1) is 6.61 Å². The zero-order chi connectivity index (χ0) is 28.1. The zero-order valence-corrected chi connectivity index (χ0v) is 24.2. The fraction of sp³-hybridized carbons (Fsp3) is 0.286. The monoisotopic (exact) mass is 510 g/mol. The summed E-state index contributed by atoms with van der Waals surface area (Å²) in [5.41, 5.74) is 4.73. The van der Waals surface area contributed by atoms with E-state index in [9.17, 15) is 4.79 Å². The summed E-state index contributed by atoms with van der Waals surface area (Å²) in [7, 11) is 0. The van der Waals surface area contributed by atoms with E-state index in [1.807, 2.05) is 102 Å². The van der Waals surface area contributed by atoms with E-state index in [0.717, 1.165) is 17.1 Å². The highest BCUT2D eigenvalue weighted by atomic mass is 16.5. The van der Waals surface area contributed by atoms with Crippen LogP contribution >= 0.6 is 0 Å². The van der Waals surface area contributed by atoms with E-state index in [1.54, 1.807) is 12.1 Å². The minimum atomic E-state index is -0.152. The van der Waals surface area contributed by atoms with Gasteiger partial charge in [-0.05, 0) is 73.5 Å². The summed E-state index contributed by atoms with van der Waals surface area (Å²) in [5.74, 6) is 2.34. The average Bonchev–Trinajstić information content (AvgIpc) is 2.96. The van der Waals surface area contributed by atoms with Crippen LogP contribution < -0.4 is 9.47 Å². The predicted octanol–water partition coefficient (Wildman–Crippen LogP) is 9.80. The van der Waals surface area contributed by atoms with Crippen molar-refractivity contribution >= 4 is 5.78 Å². The Morgan fingerprint density at radius 2 is 0.974 bits per heavy atom. The molecule has 0 unspecified atom stereocenters. The standard InChI is InChI=1S/C31H30O3.2C2H6/c1-5-33-27-18-12-25(13-19-27)31(3,4)26-14-20-29(21-15-26)34-28-16-10-24(11-17-28)30(32)23-8-6-22(2)7-9-23;2*1-2/h6-21H,5H2,1-4H3;2*1-2H3. The molecule has 0 heterocycles. The lowest BCUT2D eigenvalue weighted by molar-refractivity contribution is 0.103. The summed E-state index contributed by atoms with van der Waals surface area (Å²) in [6.45, 7) is 17.1. The number of aryl methyl sites for hydroxylation is 1. The number of hydrogen-bond donors (Lipinski definition) is 0. The Morgan fingerprint density at radius 1 is 0.605 bits per heavy atom. The van der Waals surface area contributed by atoms with E-state index < -0.39 is 0 Å². The van der Waals surface area contributed by atoms with Crippen LogP contribution in [-0.2, 0) is 5.41 Å². The van der Waals surface area contributed by atoms with Crippen LogP contribution in [-0.4, -0.2) is 12.4 Å². The average molecular weight is 511 g/mol. The lowest BCUT2D eigenvalue weighted by Crippen LogP contribution is -2.18. The molecule has 0 saturated heterocycles. The molecule has 0 bridgehead atoms. The van der Waals surface area contributed by atoms with Gasteiger partial charge in [-0.25, -0.2) is 0 Å². The fourth-order valence-corrected chi connectivity index (χ4v) is 3.92. The molecule has 4 aromatic rings. The van der Waals surface area contributed by atoms with Crippen molar-refractivity contribution in [2.75, 3.05) is 6.61 Å². The minimum Gasteiger partial charge on any atom is -0.494 e. The number of benzene rings is 4. The molecular formula is C35H42O3. The molecule has 0 spiro atoms. The van der Waals surface area contributed by atoms with E-state index in [2.05, 4.69) is 38.1 Å². The molecule has 3 heteroatoms. The summed E-state index contributed by atoms with van der Waals surface area (Å²) in [6.07, 6.45) is 0. The molecule has 0 fully saturated rings. The minimum absolute atomic E-state index is 0.00687. The number of ketones is 1. The Kier molecular flexibility index (Phi) is 11.8. The van der Waals surface area contributed by atoms with Crippen molar-refractivity contribution in [1.29, 1.82) is 0 Å². The van der Waals surface area contributed by atoms with Gasteiger partial charge in [-0.2, -0.15) is 0 Å². The van der Waals surface area contributed by atoms with Crippen LogP contribution in [0.5, 0.6) is 17.2 Å². The Balaban J connectivity index is 0.00000121. The third-order valence-electron chi connectivity index (χ3n) is 6.13. The van der Waals surface area contributed by atoms with Gasteiger partial charge in [0.25, 0.3) is 0 Å². The van der Waals surface area contributed by atoms with E-state index in [0.29, 0.717) is 23.5 Å². The second-order valence-corrected chi connectivity index (χ2v) is 8.93. The topological polar surface area (TPSA) is 35.5 Å². The highest BCUT2D eigenvalue weighted by Crippen LogP contribution is 2.34. The largest absolute Gasteiger partial charge is 0.494 e. The van der Waals surface area contributed by atoms with Gasteiger partial charge in [-0.1, -0.05) is 95.6 Å². The van der Waals surface area contributed by atoms with Crippen molar-refractivity contribution in [1.82, 2.24) is 0 Å². The number of rotatable bonds is 8. The second kappa shape index (κ2) is 14.8. The van der Waals surface area contributed by atoms with Gasteiger partial charge in [-0.15, -0.1) is 0 Å². The van der Waals surface area contributed by atoms with Crippen LogP contribution in [0.25, 0.3) is 0 Å². The maximum Gasteiger partial charge on any atom is 0.193 e. The molecule has 38 heavy (non-hydrogen) atoms. The molecule has 3 nitrogen and oxygen atoms in total. The first kappa shape index (κ1) is 30.4. The Hall–Kier alpha value is -3.85. The molecule has 0 radical (unpaired) electrons. The molecule has 4 rings (SSSR count). The lowest BCUT2D eigenvalue weighted by Gasteiger charge is -2.26. The van der Waals surface area contributed by atoms with E-state index >= 15 is 0 Å². The van der Waals surface area contributed by atoms with Gasteiger partial charge in [0.15, 0.2) is 5.78 Å².